The van der Waals surface area contributed by atoms with Crippen LogP contribution in [0.1, 0.15) is 29.8 Å². The molecule has 1 amide bonds. The maximum atomic E-state index is 14.6. The second-order valence-corrected chi connectivity index (χ2v) is 6.87. The van der Waals surface area contributed by atoms with Gasteiger partial charge in [-0.15, -0.1) is 0 Å². The lowest BCUT2D eigenvalue weighted by molar-refractivity contribution is -0.137. The van der Waals surface area contributed by atoms with Crippen LogP contribution in [0.2, 0.25) is 0 Å². The number of carbonyl (C=O) groups is 1. The topological polar surface area (TPSA) is 68.2 Å². The fourth-order valence-corrected chi connectivity index (χ4v) is 3.10. The van der Waals surface area contributed by atoms with Gasteiger partial charge in [0.15, 0.2) is 5.82 Å². The molecule has 0 bridgehead atoms. The van der Waals surface area contributed by atoms with Crippen LogP contribution < -0.4 is 4.74 Å². The third kappa shape index (κ3) is 5.19. The van der Waals surface area contributed by atoms with E-state index in [1.54, 1.807) is 19.9 Å². The molecule has 6 nitrogen and oxygen atoms in total. The Morgan fingerprint density at radius 1 is 1.09 bits per heavy atom. The van der Waals surface area contributed by atoms with E-state index in [9.17, 15) is 22.4 Å². The van der Waals surface area contributed by atoms with Crippen LogP contribution in [0.15, 0.2) is 55.0 Å². The van der Waals surface area contributed by atoms with Crippen molar-refractivity contribution in [2.24, 2.45) is 0 Å². The minimum atomic E-state index is -4.49. The second kappa shape index (κ2) is 9.71. The number of rotatable bonds is 7. The first-order valence-electron chi connectivity index (χ1n) is 9.75. The van der Waals surface area contributed by atoms with Gasteiger partial charge in [0.2, 0.25) is 5.88 Å². The molecule has 0 spiro atoms. The van der Waals surface area contributed by atoms with E-state index in [0.29, 0.717) is 6.20 Å². The van der Waals surface area contributed by atoms with Crippen LogP contribution in [-0.4, -0.2) is 45.0 Å². The van der Waals surface area contributed by atoms with Gasteiger partial charge >= 0.3 is 6.18 Å². The number of alkyl halides is 3. The molecule has 0 aliphatic rings. The molecule has 0 unspecified atom stereocenters. The zero-order valence-electron chi connectivity index (χ0n) is 17.3. The Morgan fingerprint density at radius 3 is 2.41 bits per heavy atom. The van der Waals surface area contributed by atoms with Crippen LogP contribution in [0.5, 0.6) is 5.88 Å². The largest absolute Gasteiger partial charge is 0.475 e. The number of carbonyl (C=O) groups excluding carboxylic acids is 1. The van der Waals surface area contributed by atoms with E-state index in [2.05, 4.69) is 15.0 Å². The summed E-state index contributed by atoms with van der Waals surface area (Å²) >= 11 is 0. The molecule has 3 aromatic rings. The molecule has 1 atom stereocenters. The molecule has 3 rings (SSSR count). The van der Waals surface area contributed by atoms with E-state index < -0.39 is 29.5 Å². The fourth-order valence-electron chi connectivity index (χ4n) is 3.10. The highest BCUT2D eigenvalue weighted by molar-refractivity contribution is 6.00. The predicted octanol–water partition coefficient (Wildman–Crippen LogP) is 4.63. The summed E-state index contributed by atoms with van der Waals surface area (Å²) in [6.45, 7) is 3.73. The molecule has 0 radical (unpaired) electrons. The van der Waals surface area contributed by atoms with Crippen molar-refractivity contribution in [2.45, 2.75) is 26.1 Å². The van der Waals surface area contributed by atoms with Gasteiger partial charge < -0.3 is 9.64 Å². The van der Waals surface area contributed by atoms with Crippen LogP contribution in [0.25, 0.3) is 11.4 Å². The summed E-state index contributed by atoms with van der Waals surface area (Å²) in [7, 11) is 0. The lowest BCUT2D eigenvalue weighted by Gasteiger charge is -2.28. The van der Waals surface area contributed by atoms with Crippen molar-refractivity contribution >= 4 is 5.91 Å². The zero-order chi connectivity index (χ0) is 23.3. The van der Waals surface area contributed by atoms with E-state index in [-0.39, 0.29) is 36.0 Å². The van der Waals surface area contributed by atoms with Crippen molar-refractivity contribution in [3.8, 4) is 17.3 Å². The van der Waals surface area contributed by atoms with Gasteiger partial charge in [-0.3, -0.25) is 4.79 Å². The van der Waals surface area contributed by atoms with E-state index in [4.69, 9.17) is 4.74 Å². The Bertz CT molecular complexity index is 1060. The number of benzene rings is 1. The molecule has 0 saturated heterocycles. The second-order valence-electron chi connectivity index (χ2n) is 6.87. The molecule has 1 aromatic carbocycles. The summed E-state index contributed by atoms with van der Waals surface area (Å²) in [4.78, 5) is 26.5. The van der Waals surface area contributed by atoms with Crippen LogP contribution >= 0.6 is 0 Å². The van der Waals surface area contributed by atoms with Crippen molar-refractivity contribution in [1.29, 1.82) is 0 Å². The number of likely N-dealkylation sites (N-methyl/N-ethyl adjacent to an activating group) is 1. The first-order valence-corrected chi connectivity index (χ1v) is 9.75. The van der Waals surface area contributed by atoms with Gasteiger partial charge in [-0.2, -0.15) is 13.2 Å². The van der Waals surface area contributed by atoms with Crippen LogP contribution in [-0.2, 0) is 6.18 Å². The molecular weight excluding hydrogens is 428 g/mol. The Hall–Kier alpha value is -3.56. The van der Waals surface area contributed by atoms with Crippen molar-refractivity contribution in [2.75, 3.05) is 13.2 Å². The Labute approximate surface area is 181 Å². The Morgan fingerprint density at radius 2 is 1.81 bits per heavy atom. The molecule has 0 fully saturated rings. The number of hydrogen-bond donors (Lipinski definition) is 0. The fraction of sp³-hybridized carbons (Fsp3) is 0.273. The summed E-state index contributed by atoms with van der Waals surface area (Å²) in [5.41, 5.74) is -0.795. The van der Waals surface area contributed by atoms with E-state index in [1.165, 1.54) is 35.5 Å². The maximum Gasteiger partial charge on any atom is 0.417 e. The minimum Gasteiger partial charge on any atom is -0.475 e. The molecule has 2 heterocycles. The van der Waals surface area contributed by atoms with Gasteiger partial charge in [0.25, 0.3) is 5.91 Å². The number of nitrogens with zero attached hydrogens (tertiary/aromatic N) is 4. The SMILES string of the molecule is CCN(C(=O)c1cccc(F)c1-c1ncccn1)[C@@H](C)COc1ccc(C(F)(F)F)cn1. The van der Waals surface area contributed by atoms with Gasteiger partial charge in [-0.05, 0) is 38.1 Å². The van der Waals surface area contributed by atoms with Gasteiger partial charge in [0.1, 0.15) is 12.4 Å². The predicted molar refractivity (Wildman–Crippen MR) is 108 cm³/mol. The van der Waals surface area contributed by atoms with Crippen molar-refractivity contribution in [3.05, 3.63) is 71.9 Å². The van der Waals surface area contributed by atoms with Gasteiger partial charge in [-0.1, -0.05) is 6.07 Å². The van der Waals surface area contributed by atoms with E-state index >= 15 is 0 Å². The average Bonchev–Trinajstić information content (AvgIpc) is 2.78. The summed E-state index contributed by atoms with van der Waals surface area (Å²) in [6.07, 6.45) is -0.903. The van der Waals surface area contributed by atoms with Gasteiger partial charge in [-0.25, -0.2) is 19.3 Å². The summed E-state index contributed by atoms with van der Waals surface area (Å²) in [5, 5.41) is 0. The van der Waals surface area contributed by atoms with E-state index in [1.807, 2.05) is 0 Å². The molecule has 10 heteroatoms. The quantitative estimate of drug-likeness (QED) is 0.493. The lowest BCUT2D eigenvalue weighted by atomic mass is 10.0. The Balaban J connectivity index is 1.77. The zero-order valence-corrected chi connectivity index (χ0v) is 17.3. The number of halogens is 4. The van der Waals surface area contributed by atoms with Crippen LogP contribution in [0.4, 0.5) is 17.6 Å². The first-order chi connectivity index (χ1) is 15.2. The smallest absolute Gasteiger partial charge is 0.417 e. The molecule has 0 saturated carbocycles. The molecule has 0 aliphatic carbocycles. The van der Waals surface area contributed by atoms with Crippen molar-refractivity contribution in [3.63, 3.8) is 0 Å². The highest BCUT2D eigenvalue weighted by Crippen LogP contribution is 2.29. The molecule has 2 aromatic heterocycles. The minimum absolute atomic E-state index is 0.00233. The highest BCUT2D eigenvalue weighted by atomic mass is 19.4. The van der Waals surface area contributed by atoms with Gasteiger partial charge in [0, 0.05) is 31.2 Å². The van der Waals surface area contributed by atoms with E-state index in [0.717, 1.165) is 12.1 Å². The average molecular weight is 448 g/mol. The summed E-state index contributed by atoms with van der Waals surface area (Å²) in [6, 6.07) is 7.23. The number of ether oxygens (including phenoxy) is 1. The number of hydrogen-bond acceptors (Lipinski definition) is 5. The number of aromatic nitrogens is 3. The normalized spacial score (nSPS) is 12.3. The standard InChI is InChI=1S/C22H20F4N4O2/c1-3-30(14(2)13-32-18-9-8-15(12-29-18)22(24,25)26)21(31)16-6-4-7-17(23)19(16)20-27-10-5-11-28-20/h4-12,14H,3,13H2,1-2H3/t14-/m0/s1. The number of pyridine rings is 1. The molecule has 0 N–H and O–H groups in total. The summed E-state index contributed by atoms with van der Waals surface area (Å²) < 4.78 is 58.0. The first kappa shape index (κ1) is 23.1. The Kier molecular flexibility index (Phi) is 7.01. The third-order valence-corrected chi connectivity index (χ3v) is 4.70. The molecule has 0 aliphatic heterocycles. The maximum absolute atomic E-state index is 14.6. The highest BCUT2D eigenvalue weighted by Gasteiger charge is 2.31. The van der Waals surface area contributed by atoms with Crippen molar-refractivity contribution < 1.29 is 27.1 Å². The van der Waals surface area contributed by atoms with Gasteiger partial charge in [0.05, 0.1) is 22.7 Å². The molecule has 32 heavy (non-hydrogen) atoms. The number of amides is 1. The van der Waals surface area contributed by atoms with Crippen molar-refractivity contribution in [1.82, 2.24) is 19.9 Å². The van der Waals surface area contributed by atoms with Crippen LogP contribution in [0.3, 0.4) is 0 Å². The molecule has 168 valence electrons. The van der Waals surface area contributed by atoms with Crippen LogP contribution in [0, 0.1) is 5.82 Å². The summed E-state index contributed by atoms with van der Waals surface area (Å²) in [5.74, 6) is -0.998. The monoisotopic (exact) mass is 448 g/mol. The lowest BCUT2D eigenvalue weighted by Crippen LogP contribution is -2.42. The molecular formula is C22H20F4N4O2. The third-order valence-electron chi connectivity index (χ3n) is 4.70.